The molecule has 0 aromatic heterocycles. The zero-order chi connectivity index (χ0) is 14.6. The molecule has 0 spiro atoms. The molecule has 0 radical (unpaired) electrons. The lowest BCUT2D eigenvalue weighted by atomic mass is 9.94. The molecular weight excluding hydrogens is 252 g/mol. The van der Waals surface area contributed by atoms with E-state index in [0.29, 0.717) is 12.3 Å². The van der Waals surface area contributed by atoms with Gasteiger partial charge in [0.15, 0.2) is 0 Å². The molecule has 2 N–H and O–H groups in total. The van der Waals surface area contributed by atoms with Gasteiger partial charge in [-0.05, 0) is 38.3 Å². The molecule has 112 valence electrons. The van der Waals surface area contributed by atoms with E-state index in [4.69, 9.17) is 15.2 Å². The van der Waals surface area contributed by atoms with Gasteiger partial charge in [-0.25, -0.2) is 0 Å². The maximum atomic E-state index is 5.97. The predicted octanol–water partition coefficient (Wildman–Crippen LogP) is 3.06. The number of piperidine rings is 1. The van der Waals surface area contributed by atoms with Gasteiger partial charge in [-0.3, -0.25) is 0 Å². The first-order valence-corrected chi connectivity index (χ1v) is 7.40. The molecule has 2 rings (SSSR count). The number of methoxy groups -OCH3 is 1. The monoisotopic (exact) mass is 278 g/mol. The third-order valence-corrected chi connectivity index (χ3v) is 3.98. The van der Waals surface area contributed by atoms with E-state index in [1.807, 2.05) is 12.1 Å². The van der Waals surface area contributed by atoms with Crippen LogP contribution in [0.4, 0.5) is 11.4 Å². The van der Waals surface area contributed by atoms with Crippen molar-refractivity contribution in [1.82, 2.24) is 0 Å². The summed E-state index contributed by atoms with van der Waals surface area (Å²) in [7, 11) is 1.79. The summed E-state index contributed by atoms with van der Waals surface area (Å²) in [6.07, 6.45) is 3.23. The summed E-state index contributed by atoms with van der Waals surface area (Å²) in [4.78, 5) is 2.35. The average molecular weight is 278 g/mol. The Morgan fingerprint density at radius 2 is 2.20 bits per heavy atom. The van der Waals surface area contributed by atoms with Gasteiger partial charge in [0.1, 0.15) is 5.75 Å². The Balaban J connectivity index is 2.15. The summed E-state index contributed by atoms with van der Waals surface area (Å²) < 4.78 is 11.4. The molecule has 0 bridgehead atoms. The van der Waals surface area contributed by atoms with E-state index in [1.165, 1.54) is 0 Å². The first-order valence-electron chi connectivity index (χ1n) is 7.40. The van der Waals surface area contributed by atoms with E-state index >= 15 is 0 Å². The first kappa shape index (κ1) is 15.0. The van der Waals surface area contributed by atoms with Crippen molar-refractivity contribution in [2.75, 3.05) is 37.4 Å². The first-order chi connectivity index (χ1) is 9.58. The van der Waals surface area contributed by atoms with Gasteiger partial charge in [0.05, 0.1) is 17.9 Å². The zero-order valence-corrected chi connectivity index (χ0v) is 12.8. The number of nitrogen functional groups attached to an aromatic ring is 1. The highest BCUT2D eigenvalue weighted by atomic mass is 16.5. The van der Waals surface area contributed by atoms with Gasteiger partial charge in [-0.2, -0.15) is 0 Å². The fourth-order valence-corrected chi connectivity index (χ4v) is 2.65. The Morgan fingerprint density at radius 3 is 2.90 bits per heavy atom. The van der Waals surface area contributed by atoms with Crippen molar-refractivity contribution >= 4 is 11.4 Å². The second kappa shape index (κ2) is 6.35. The largest absolute Gasteiger partial charge is 0.491 e. The maximum Gasteiger partial charge on any atom is 0.144 e. The van der Waals surface area contributed by atoms with Gasteiger partial charge in [0.2, 0.25) is 0 Å². The number of ether oxygens (including phenoxy) is 2. The van der Waals surface area contributed by atoms with Crippen LogP contribution in [0, 0.1) is 0 Å². The molecule has 1 aromatic carbocycles. The summed E-state index contributed by atoms with van der Waals surface area (Å²) in [6.45, 7) is 6.92. The molecule has 20 heavy (non-hydrogen) atoms. The highest BCUT2D eigenvalue weighted by molar-refractivity contribution is 5.62. The van der Waals surface area contributed by atoms with Crippen molar-refractivity contribution in [3.63, 3.8) is 0 Å². The lowest BCUT2D eigenvalue weighted by Gasteiger charge is -2.40. The van der Waals surface area contributed by atoms with Crippen LogP contribution in [-0.2, 0) is 4.74 Å². The molecule has 1 unspecified atom stereocenters. The van der Waals surface area contributed by atoms with Crippen LogP contribution < -0.4 is 15.4 Å². The molecule has 0 aliphatic carbocycles. The number of anilines is 2. The maximum absolute atomic E-state index is 5.97. The molecule has 1 atom stereocenters. The third kappa shape index (κ3) is 3.37. The van der Waals surface area contributed by atoms with Crippen molar-refractivity contribution < 1.29 is 9.47 Å². The Bertz CT molecular complexity index is 450. The van der Waals surface area contributed by atoms with Gasteiger partial charge in [0.25, 0.3) is 0 Å². The van der Waals surface area contributed by atoms with Crippen LogP contribution in [-0.4, -0.2) is 32.4 Å². The quantitative estimate of drug-likeness (QED) is 0.841. The minimum absolute atomic E-state index is 0.0654. The molecular formula is C16H26N2O2. The Morgan fingerprint density at radius 1 is 1.40 bits per heavy atom. The molecule has 1 aliphatic rings. The molecule has 4 nitrogen and oxygen atoms in total. The van der Waals surface area contributed by atoms with Crippen LogP contribution in [0.1, 0.15) is 33.1 Å². The molecule has 0 saturated carbocycles. The molecule has 1 aliphatic heterocycles. The van der Waals surface area contributed by atoms with E-state index in [-0.39, 0.29) is 5.60 Å². The number of rotatable bonds is 5. The van der Waals surface area contributed by atoms with Crippen LogP contribution in [0.3, 0.4) is 0 Å². The average Bonchev–Trinajstić information content (AvgIpc) is 2.46. The van der Waals surface area contributed by atoms with Gasteiger partial charge in [0, 0.05) is 32.0 Å². The lowest BCUT2D eigenvalue weighted by molar-refractivity contribution is -0.00466. The molecule has 1 fully saturated rings. The highest BCUT2D eigenvalue weighted by Crippen LogP contribution is 2.32. The summed E-state index contributed by atoms with van der Waals surface area (Å²) >= 11 is 0. The van der Waals surface area contributed by atoms with Crippen molar-refractivity contribution in [1.29, 1.82) is 0 Å². The minimum Gasteiger partial charge on any atom is -0.491 e. The summed E-state index contributed by atoms with van der Waals surface area (Å²) in [5, 5.41) is 0. The topological polar surface area (TPSA) is 47.7 Å². The lowest BCUT2D eigenvalue weighted by Crippen LogP contribution is -2.47. The number of hydrogen-bond acceptors (Lipinski definition) is 4. The predicted molar refractivity (Wildman–Crippen MR) is 83.5 cm³/mol. The van der Waals surface area contributed by atoms with Crippen LogP contribution in [0.5, 0.6) is 5.75 Å². The van der Waals surface area contributed by atoms with Crippen molar-refractivity contribution in [3.05, 3.63) is 18.2 Å². The normalized spacial score (nSPS) is 22.9. The highest BCUT2D eigenvalue weighted by Gasteiger charge is 2.31. The summed E-state index contributed by atoms with van der Waals surface area (Å²) in [5.74, 6) is 0.786. The third-order valence-electron chi connectivity index (χ3n) is 3.98. The van der Waals surface area contributed by atoms with E-state index < -0.39 is 0 Å². The van der Waals surface area contributed by atoms with Crippen molar-refractivity contribution in [2.24, 2.45) is 0 Å². The van der Waals surface area contributed by atoms with Crippen LogP contribution in [0.2, 0.25) is 0 Å². The van der Waals surface area contributed by atoms with Crippen molar-refractivity contribution in [3.8, 4) is 5.75 Å². The fraction of sp³-hybridized carbons (Fsp3) is 0.625. The van der Waals surface area contributed by atoms with E-state index in [0.717, 1.165) is 43.8 Å². The van der Waals surface area contributed by atoms with Gasteiger partial charge in [-0.1, -0.05) is 6.92 Å². The molecule has 1 saturated heterocycles. The fourth-order valence-electron chi connectivity index (χ4n) is 2.65. The van der Waals surface area contributed by atoms with E-state index in [1.54, 1.807) is 7.11 Å². The summed E-state index contributed by atoms with van der Waals surface area (Å²) in [6, 6.07) is 6.04. The number of nitrogens with zero attached hydrogens (tertiary/aromatic N) is 1. The van der Waals surface area contributed by atoms with Gasteiger partial charge in [-0.15, -0.1) is 0 Å². The zero-order valence-electron chi connectivity index (χ0n) is 12.8. The summed E-state index contributed by atoms with van der Waals surface area (Å²) in [5.41, 5.74) is 7.77. The molecule has 0 amide bonds. The standard InChI is InChI=1S/C16H26N2O2/c1-4-10-20-15-11-13(6-7-14(15)17)18-9-5-8-16(2,12-18)19-3/h6-7,11H,4-5,8-10,12,17H2,1-3H3. The smallest absolute Gasteiger partial charge is 0.144 e. The number of benzene rings is 1. The second-order valence-electron chi connectivity index (χ2n) is 5.75. The molecule has 1 heterocycles. The van der Waals surface area contributed by atoms with Gasteiger partial charge >= 0.3 is 0 Å². The molecule has 4 heteroatoms. The molecule has 1 aromatic rings. The Kier molecular flexibility index (Phi) is 4.76. The number of hydrogen-bond donors (Lipinski definition) is 1. The van der Waals surface area contributed by atoms with Crippen LogP contribution >= 0.6 is 0 Å². The minimum atomic E-state index is -0.0654. The van der Waals surface area contributed by atoms with E-state index in [9.17, 15) is 0 Å². The Hall–Kier alpha value is -1.42. The second-order valence-corrected chi connectivity index (χ2v) is 5.75. The number of nitrogens with two attached hydrogens (primary N) is 1. The van der Waals surface area contributed by atoms with Crippen LogP contribution in [0.15, 0.2) is 18.2 Å². The van der Waals surface area contributed by atoms with E-state index in [2.05, 4.69) is 24.8 Å². The van der Waals surface area contributed by atoms with Crippen molar-refractivity contribution in [2.45, 2.75) is 38.7 Å². The van der Waals surface area contributed by atoms with Crippen LogP contribution in [0.25, 0.3) is 0 Å². The van der Waals surface area contributed by atoms with Gasteiger partial charge < -0.3 is 20.1 Å². The SMILES string of the molecule is CCCOc1cc(N2CCCC(C)(OC)C2)ccc1N. The Labute approximate surface area is 121 Å².